The van der Waals surface area contributed by atoms with Crippen LogP contribution in [0.2, 0.25) is 0 Å². The van der Waals surface area contributed by atoms with Gasteiger partial charge in [0.2, 0.25) is 0 Å². The second-order valence-electron chi connectivity index (χ2n) is 9.24. The summed E-state index contributed by atoms with van der Waals surface area (Å²) in [6, 6.07) is 0. The molecule has 3 fully saturated rings. The lowest BCUT2D eigenvalue weighted by Crippen LogP contribution is -2.53. The van der Waals surface area contributed by atoms with Crippen LogP contribution in [0.3, 0.4) is 0 Å². The molecule has 6 atom stereocenters. The summed E-state index contributed by atoms with van der Waals surface area (Å²) in [4.78, 5) is 11.9. The van der Waals surface area contributed by atoms with Crippen molar-refractivity contribution in [2.75, 3.05) is 0 Å². The Morgan fingerprint density at radius 2 is 2.12 bits per heavy atom. The molecule has 1 heterocycles. The molecule has 0 amide bonds. The van der Waals surface area contributed by atoms with Crippen LogP contribution in [0.4, 0.5) is 0 Å². The molecular weight excluding hydrogens is 322 g/mol. The molecule has 1 spiro atoms. The molecule has 0 bridgehead atoms. The maximum Gasteiger partial charge on any atom is 0.331 e. The van der Waals surface area contributed by atoms with Gasteiger partial charge < -0.3 is 10.1 Å². The fraction of sp³-hybridized carbons (Fsp3) is 0.652. The first-order valence-electron chi connectivity index (χ1n) is 10.4. The summed E-state index contributed by atoms with van der Waals surface area (Å²) in [5.41, 5.74) is 3.19. The highest BCUT2D eigenvalue weighted by Crippen LogP contribution is 2.68. The maximum absolute atomic E-state index is 11.9. The SMILES string of the molecule is C=C1CC2C(CC[C@@]3(CC)C2CC[C@@]32C=CC(=O)O2)[C@H]2CCC(=N)C=C12. The van der Waals surface area contributed by atoms with Crippen LogP contribution in [0.1, 0.15) is 58.3 Å². The van der Waals surface area contributed by atoms with E-state index in [2.05, 4.69) is 25.7 Å². The molecule has 4 aliphatic carbocycles. The van der Waals surface area contributed by atoms with Crippen LogP contribution in [0.25, 0.3) is 0 Å². The van der Waals surface area contributed by atoms with Gasteiger partial charge in [-0.05, 0) is 92.8 Å². The molecule has 3 heteroatoms. The number of esters is 1. The van der Waals surface area contributed by atoms with Gasteiger partial charge in [0.25, 0.3) is 0 Å². The standard InChI is InChI=1S/C23H29NO2/c1-3-22-9-6-17-16-5-4-15(24)13-18(16)14(2)12-19(17)20(22)7-10-23(22)11-8-21(25)26-23/h8,11,13,16-17,19-20,24H,2-7,9-10,12H2,1H3/t16-,17?,19?,20?,22+,23-/m1/s1. The van der Waals surface area contributed by atoms with Gasteiger partial charge in [-0.15, -0.1) is 0 Å². The highest BCUT2D eigenvalue weighted by molar-refractivity contribution is 5.94. The topological polar surface area (TPSA) is 50.2 Å². The summed E-state index contributed by atoms with van der Waals surface area (Å²) in [6.07, 6.45) is 14.6. The summed E-state index contributed by atoms with van der Waals surface area (Å²) in [5, 5.41) is 8.07. The molecule has 26 heavy (non-hydrogen) atoms. The molecule has 0 aromatic heterocycles. The molecule has 138 valence electrons. The van der Waals surface area contributed by atoms with Crippen LogP contribution in [-0.4, -0.2) is 17.3 Å². The van der Waals surface area contributed by atoms with Crippen LogP contribution in [-0.2, 0) is 9.53 Å². The van der Waals surface area contributed by atoms with Gasteiger partial charge in [0.1, 0.15) is 5.60 Å². The Kier molecular flexibility index (Phi) is 3.45. The number of carbonyl (C=O) groups is 1. The number of nitrogens with one attached hydrogen (secondary N) is 1. The minimum Gasteiger partial charge on any atom is -0.451 e. The molecule has 1 N–H and O–H groups in total. The van der Waals surface area contributed by atoms with Crippen molar-refractivity contribution < 1.29 is 9.53 Å². The number of hydrogen-bond donors (Lipinski definition) is 1. The first-order valence-corrected chi connectivity index (χ1v) is 10.4. The summed E-state index contributed by atoms with van der Waals surface area (Å²) >= 11 is 0. The average molecular weight is 351 g/mol. The van der Waals surface area contributed by atoms with Crippen molar-refractivity contribution in [3.63, 3.8) is 0 Å². The van der Waals surface area contributed by atoms with E-state index in [4.69, 9.17) is 10.1 Å². The number of carbonyl (C=O) groups excluding carboxylic acids is 1. The van der Waals surface area contributed by atoms with E-state index in [1.54, 1.807) is 6.08 Å². The Hall–Kier alpha value is -1.64. The largest absolute Gasteiger partial charge is 0.451 e. The van der Waals surface area contributed by atoms with Crippen molar-refractivity contribution in [1.29, 1.82) is 5.41 Å². The minimum absolute atomic E-state index is 0.111. The van der Waals surface area contributed by atoms with E-state index in [0.29, 0.717) is 17.8 Å². The normalized spacial score (nSPS) is 46.7. The summed E-state index contributed by atoms with van der Waals surface area (Å²) < 4.78 is 5.99. The Morgan fingerprint density at radius 1 is 1.27 bits per heavy atom. The lowest BCUT2D eigenvalue weighted by molar-refractivity contribution is -0.163. The minimum atomic E-state index is -0.347. The highest BCUT2D eigenvalue weighted by atomic mass is 16.6. The molecule has 0 aromatic carbocycles. The van der Waals surface area contributed by atoms with Crippen LogP contribution >= 0.6 is 0 Å². The second-order valence-corrected chi connectivity index (χ2v) is 9.24. The van der Waals surface area contributed by atoms with Crippen molar-refractivity contribution in [3.8, 4) is 0 Å². The van der Waals surface area contributed by atoms with Crippen molar-refractivity contribution in [3.05, 3.63) is 36.0 Å². The van der Waals surface area contributed by atoms with Gasteiger partial charge in [-0.2, -0.15) is 0 Å². The van der Waals surface area contributed by atoms with Gasteiger partial charge in [0.15, 0.2) is 0 Å². The van der Waals surface area contributed by atoms with Gasteiger partial charge in [-0.25, -0.2) is 4.79 Å². The van der Waals surface area contributed by atoms with Crippen LogP contribution in [0.15, 0.2) is 36.0 Å². The van der Waals surface area contributed by atoms with E-state index in [-0.39, 0.29) is 17.0 Å². The molecule has 0 saturated heterocycles. The predicted molar refractivity (Wildman–Crippen MR) is 102 cm³/mol. The third kappa shape index (κ3) is 1.95. The Morgan fingerprint density at radius 3 is 2.85 bits per heavy atom. The summed E-state index contributed by atoms with van der Waals surface area (Å²) in [6.45, 7) is 6.72. The number of rotatable bonds is 1. The van der Waals surface area contributed by atoms with Gasteiger partial charge in [0, 0.05) is 17.2 Å². The van der Waals surface area contributed by atoms with E-state index in [1.807, 2.05) is 0 Å². The number of allylic oxidation sites excluding steroid dienone is 3. The Bertz CT molecular complexity index is 762. The zero-order valence-corrected chi connectivity index (χ0v) is 15.7. The van der Waals surface area contributed by atoms with Crippen molar-refractivity contribution in [2.24, 2.45) is 29.1 Å². The zero-order chi connectivity index (χ0) is 18.1. The molecule has 5 aliphatic rings. The number of fused-ring (bicyclic) bond motifs is 6. The van der Waals surface area contributed by atoms with Crippen LogP contribution in [0, 0.1) is 34.5 Å². The van der Waals surface area contributed by atoms with E-state index in [1.165, 1.54) is 30.4 Å². The predicted octanol–water partition coefficient (Wildman–Crippen LogP) is 4.99. The molecule has 3 unspecified atom stereocenters. The molecule has 0 radical (unpaired) electrons. The van der Waals surface area contributed by atoms with Crippen molar-refractivity contribution in [1.82, 2.24) is 0 Å². The second kappa shape index (κ2) is 5.43. The fourth-order valence-corrected chi connectivity index (χ4v) is 7.59. The first-order chi connectivity index (χ1) is 12.5. The third-order valence-electron chi connectivity index (χ3n) is 8.63. The third-order valence-corrected chi connectivity index (χ3v) is 8.63. The van der Waals surface area contributed by atoms with Crippen LogP contribution in [0.5, 0.6) is 0 Å². The van der Waals surface area contributed by atoms with Gasteiger partial charge in [-0.3, -0.25) is 0 Å². The smallest absolute Gasteiger partial charge is 0.331 e. The van der Waals surface area contributed by atoms with E-state index in [9.17, 15) is 4.79 Å². The van der Waals surface area contributed by atoms with E-state index >= 15 is 0 Å². The molecule has 1 aliphatic heterocycles. The van der Waals surface area contributed by atoms with E-state index in [0.717, 1.165) is 43.7 Å². The number of hydrogen-bond acceptors (Lipinski definition) is 3. The van der Waals surface area contributed by atoms with Crippen molar-refractivity contribution >= 4 is 11.7 Å². The monoisotopic (exact) mass is 351 g/mol. The maximum atomic E-state index is 11.9. The quantitative estimate of drug-likeness (QED) is 0.677. The lowest BCUT2D eigenvalue weighted by atomic mass is 9.49. The van der Waals surface area contributed by atoms with Gasteiger partial charge in [0.05, 0.1) is 0 Å². The lowest BCUT2D eigenvalue weighted by Gasteiger charge is -2.56. The fourth-order valence-electron chi connectivity index (χ4n) is 7.59. The Labute approximate surface area is 156 Å². The summed E-state index contributed by atoms with van der Waals surface area (Å²) in [5.74, 6) is 2.47. The van der Waals surface area contributed by atoms with Gasteiger partial charge in [-0.1, -0.05) is 19.1 Å². The molecule has 5 rings (SSSR count). The average Bonchev–Trinajstić information content (AvgIpc) is 3.17. The van der Waals surface area contributed by atoms with Crippen molar-refractivity contribution in [2.45, 2.75) is 63.9 Å². The van der Waals surface area contributed by atoms with E-state index < -0.39 is 0 Å². The number of ether oxygens (including phenoxy) is 1. The molecule has 0 aromatic rings. The molecular formula is C23H29NO2. The first kappa shape index (κ1) is 16.5. The van der Waals surface area contributed by atoms with Gasteiger partial charge >= 0.3 is 5.97 Å². The van der Waals surface area contributed by atoms with Crippen LogP contribution < -0.4 is 0 Å². The summed E-state index contributed by atoms with van der Waals surface area (Å²) in [7, 11) is 0. The Balaban J connectivity index is 1.52. The molecule has 3 nitrogen and oxygen atoms in total. The zero-order valence-electron chi connectivity index (χ0n) is 15.7. The highest BCUT2D eigenvalue weighted by Gasteiger charge is 2.66. The molecule has 3 saturated carbocycles.